The summed E-state index contributed by atoms with van der Waals surface area (Å²) in [6, 6.07) is 1.30. The molecule has 0 saturated heterocycles. The average molecular weight is 220 g/mol. The van der Waals surface area contributed by atoms with Crippen molar-refractivity contribution in [2.24, 2.45) is 16.8 Å². The summed E-state index contributed by atoms with van der Waals surface area (Å²) in [4.78, 5) is 4.97. The van der Waals surface area contributed by atoms with Gasteiger partial charge in [0.05, 0.1) is 6.04 Å². The van der Waals surface area contributed by atoms with Crippen LogP contribution >= 0.6 is 0 Å². The predicted octanol–water partition coefficient (Wildman–Crippen LogP) is 3.13. The van der Waals surface area contributed by atoms with E-state index in [1.54, 1.807) is 0 Å². The van der Waals surface area contributed by atoms with Gasteiger partial charge >= 0.3 is 0 Å². The number of hydrogen-bond donors (Lipinski definition) is 1. The van der Waals surface area contributed by atoms with Crippen molar-refractivity contribution in [3.63, 3.8) is 0 Å². The molecule has 1 heterocycles. The van der Waals surface area contributed by atoms with Gasteiger partial charge in [-0.05, 0) is 38.0 Å². The monoisotopic (exact) mass is 220 g/mol. The summed E-state index contributed by atoms with van der Waals surface area (Å²) in [5.74, 6) is 3.05. The van der Waals surface area contributed by atoms with Gasteiger partial charge < -0.3 is 5.32 Å². The minimum absolute atomic E-state index is 0.619. The lowest BCUT2D eigenvalue weighted by Crippen LogP contribution is -2.41. The average Bonchev–Trinajstić information content (AvgIpc) is 2.73. The Bertz CT molecular complexity index is 278. The Hall–Kier alpha value is -0.530. The fourth-order valence-corrected chi connectivity index (χ4v) is 3.68. The van der Waals surface area contributed by atoms with Crippen LogP contribution in [0.4, 0.5) is 0 Å². The van der Waals surface area contributed by atoms with Crippen LogP contribution < -0.4 is 5.32 Å². The predicted molar refractivity (Wildman–Crippen MR) is 67.7 cm³/mol. The van der Waals surface area contributed by atoms with Crippen LogP contribution in [-0.2, 0) is 0 Å². The van der Waals surface area contributed by atoms with Gasteiger partial charge in [-0.2, -0.15) is 0 Å². The largest absolute Gasteiger partial charge is 0.369 e. The molecule has 0 bridgehead atoms. The van der Waals surface area contributed by atoms with Crippen LogP contribution in [0.1, 0.15) is 58.3 Å². The second kappa shape index (κ2) is 4.38. The van der Waals surface area contributed by atoms with Gasteiger partial charge in [0.15, 0.2) is 0 Å². The van der Waals surface area contributed by atoms with E-state index in [2.05, 4.69) is 12.2 Å². The molecule has 2 nitrogen and oxygen atoms in total. The number of amidine groups is 1. The van der Waals surface area contributed by atoms with E-state index >= 15 is 0 Å². The number of aliphatic imine (C=N–C) groups is 1. The molecule has 0 radical (unpaired) electrons. The fraction of sp³-hybridized carbons (Fsp3) is 0.929. The zero-order chi connectivity index (χ0) is 11.0. The highest BCUT2D eigenvalue weighted by Crippen LogP contribution is 2.32. The summed E-state index contributed by atoms with van der Waals surface area (Å²) in [5.41, 5.74) is 0. The van der Waals surface area contributed by atoms with Crippen molar-refractivity contribution >= 4 is 5.84 Å². The van der Waals surface area contributed by atoms with E-state index in [-0.39, 0.29) is 0 Å². The molecule has 2 fully saturated rings. The summed E-state index contributed by atoms with van der Waals surface area (Å²) in [6.45, 7) is 2.39. The van der Waals surface area contributed by atoms with Crippen LogP contribution in [0.25, 0.3) is 0 Å². The van der Waals surface area contributed by atoms with E-state index in [1.807, 2.05) is 0 Å². The second-order valence-electron chi connectivity index (χ2n) is 6.09. The first-order valence-corrected chi connectivity index (χ1v) is 7.17. The number of nitrogens with one attached hydrogen (secondary N) is 1. The van der Waals surface area contributed by atoms with Gasteiger partial charge in [-0.3, -0.25) is 4.99 Å². The van der Waals surface area contributed by atoms with Crippen molar-refractivity contribution in [2.45, 2.75) is 70.4 Å². The van der Waals surface area contributed by atoms with Crippen molar-refractivity contribution in [2.75, 3.05) is 0 Å². The van der Waals surface area contributed by atoms with Crippen LogP contribution in [0.15, 0.2) is 4.99 Å². The van der Waals surface area contributed by atoms with Crippen molar-refractivity contribution in [1.82, 2.24) is 5.32 Å². The fourth-order valence-electron chi connectivity index (χ4n) is 3.68. The molecule has 3 aliphatic rings. The Balaban J connectivity index is 1.65. The summed E-state index contributed by atoms with van der Waals surface area (Å²) < 4.78 is 0. The third-order valence-electron chi connectivity index (χ3n) is 4.71. The van der Waals surface area contributed by atoms with E-state index < -0.39 is 0 Å². The molecule has 3 unspecified atom stereocenters. The highest BCUT2D eigenvalue weighted by Gasteiger charge is 2.35. The van der Waals surface area contributed by atoms with E-state index in [0.29, 0.717) is 12.1 Å². The van der Waals surface area contributed by atoms with Gasteiger partial charge in [-0.25, -0.2) is 0 Å². The maximum atomic E-state index is 4.97. The summed E-state index contributed by atoms with van der Waals surface area (Å²) in [6.07, 6.45) is 11.0. The van der Waals surface area contributed by atoms with Gasteiger partial charge in [0.2, 0.25) is 0 Å². The van der Waals surface area contributed by atoms with E-state index in [4.69, 9.17) is 4.99 Å². The van der Waals surface area contributed by atoms with Crippen LogP contribution in [0.2, 0.25) is 0 Å². The van der Waals surface area contributed by atoms with Crippen LogP contribution in [0.5, 0.6) is 0 Å². The molecule has 2 aliphatic carbocycles. The maximum Gasteiger partial charge on any atom is 0.100 e. The molecule has 0 spiro atoms. The van der Waals surface area contributed by atoms with Gasteiger partial charge in [-0.15, -0.1) is 0 Å². The van der Waals surface area contributed by atoms with Crippen LogP contribution in [0.3, 0.4) is 0 Å². The molecule has 3 atom stereocenters. The van der Waals surface area contributed by atoms with Gasteiger partial charge in [-0.1, -0.05) is 26.2 Å². The molecule has 2 heteroatoms. The second-order valence-corrected chi connectivity index (χ2v) is 6.09. The van der Waals surface area contributed by atoms with Crippen LogP contribution in [-0.4, -0.2) is 17.9 Å². The molecule has 90 valence electrons. The highest BCUT2D eigenvalue weighted by atomic mass is 15.1. The lowest BCUT2D eigenvalue weighted by Gasteiger charge is -2.29. The number of fused-ring (bicyclic) bond motifs is 1. The molecule has 3 rings (SSSR count). The first-order valence-electron chi connectivity index (χ1n) is 7.17. The topological polar surface area (TPSA) is 24.4 Å². The molecule has 1 N–H and O–H groups in total. The lowest BCUT2D eigenvalue weighted by molar-refractivity contribution is 0.305. The maximum absolute atomic E-state index is 4.97. The Morgan fingerprint density at radius 3 is 2.69 bits per heavy atom. The molecule has 0 aromatic rings. The standard InChI is InChI=1S/C14H24N2/c1-10-7-8-12-13(9-10)16-14(15-12)11-5-3-2-4-6-11/h10-13H,2-9H2,1H3,(H,15,16). The summed E-state index contributed by atoms with van der Waals surface area (Å²) in [5, 5.41) is 3.74. The Morgan fingerprint density at radius 2 is 1.88 bits per heavy atom. The third-order valence-corrected chi connectivity index (χ3v) is 4.71. The molecule has 16 heavy (non-hydrogen) atoms. The zero-order valence-electron chi connectivity index (χ0n) is 10.4. The smallest absolute Gasteiger partial charge is 0.100 e. The minimum atomic E-state index is 0.619. The quantitative estimate of drug-likeness (QED) is 0.721. The normalized spacial score (nSPS) is 40.1. The van der Waals surface area contributed by atoms with E-state index in [0.717, 1.165) is 11.8 Å². The Morgan fingerprint density at radius 1 is 1.06 bits per heavy atom. The SMILES string of the molecule is CC1CCC2N=C(C3CCCCC3)NC2C1. The van der Waals surface area contributed by atoms with Crippen molar-refractivity contribution < 1.29 is 0 Å². The molecule has 1 aliphatic heterocycles. The van der Waals surface area contributed by atoms with Crippen LogP contribution in [0, 0.1) is 11.8 Å². The van der Waals surface area contributed by atoms with E-state index in [9.17, 15) is 0 Å². The Labute approximate surface area is 98.9 Å². The van der Waals surface area contributed by atoms with E-state index in [1.165, 1.54) is 57.2 Å². The molecule has 0 aromatic carbocycles. The molecule has 2 saturated carbocycles. The molecule has 0 amide bonds. The zero-order valence-corrected chi connectivity index (χ0v) is 10.4. The number of rotatable bonds is 1. The molecule has 0 aromatic heterocycles. The molecular formula is C14H24N2. The molecular weight excluding hydrogens is 196 g/mol. The van der Waals surface area contributed by atoms with Gasteiger partial charge in [0, 0.05) is 12.0 Å². The van der Waals surface area contributed by atoms with Crippen molar-refractivity contribution in [3.05, 3.63) is 0 Å². The van der Waals surface area contributed by atoms with Crippen molar-refractivity contribution in [1.29, 1.82) is 0 Å². The Kier molecular flexibility index (Phi) is 2.91. The van der Waals surface area contributed by atoms with Crippen molar-refractivity contribution in [3.8, 4) is 0 Å². The highest BCUT2D eigenvalue weighted by molar-refractivity contribution is 5.86. The minimum Gasteiger partial charge on any atom is -0.369 e. The van der Waals surface area contributed by atoms with Gasteiger partial charge in [0.25, 0.3) is 0 Å². The number of nitrogens with zero attached hydrogens (tertiary/aromatic N) is 1. The first kappa shape index (κ1) is 10.6. The first-order chi connectivity index (χ1) is 7.83. The summed E-state index contributed by atoms with van der Waals surface area (Å²) in [7, 11) is 0. The number of hydrogen-bond acceptors (Lipinski definition) is 2. The summed E-state index contributed by atoms with van der Waals surface area (Å²) >= 11 is 0. The van der Waals surface area contributed by atoms with Gasteiger partial charge in [0.1, 0.15) is 5.84 Å². The third kappa shape index (κ3) is 1.99. The lowest BCUT2D eigenvalue weighted by atomic mass is 9.84.